The molecule has 8 rings (SSSR count). The molecule has 6 heterocycles. The summed E-state index contributed by atoms with van der Waals surface area (Å²) in [6.07, 6.45) is 2.89. The number of carbonyl (C=O) groups excluding carboxylic acids is 2. The summed E-state index contributed by atoms with van der Waals surface area (Å²) in [6, 6.07) is 17.7. The van der Waals surface area contributed by atoms with Crippen LogP contribution in [0.5, 0.6) is 11.5 Å². The Balaban J connectivity index is 0.000000196. The Morgan fingerprint density at radius 2 is 1.07 bits per heavy atom. The number of ether oxygens (including phenoxy) is 2. The van der Waals surface area contributed by atoms with Crippen LogP contribution in [0, 0.1) is 41.5 Å². The van der Waals surface area contributed by atoms with Gasteiger partial charge in [-0.2, -0.15) is 0 Å². The molecule has 23 heteroatoms. The molecule has 0 fully saturated rings. The third kappa shape index (κ3) is 12.8. The van der Waals surface area contributed by atoms with Crippen molar-refractivity contribution < 1.29 is 27.9 Å². The van der Waals surface area contributed by atoms with Crippen molar-refractivity contribution in [2.45, 2.75) is 41.5 Å². The smallest absolute Gasteiger partial charge is 0.254 e. The van der Waals surface area contributed by atoms with Gasteiger partial charge in [0.15, 0.2) is 11.5 Å². The monoisotopic (exact) mass is 956 g/mol. The van der Waals surface area contributed by atoms with Crippen LogP contribution < -0.4 is 41.8 Å². The Morgan fingerprint density at radius 1 is 0.580 bits per heavy atom. The predicted molar refractivity (Wildman–Crippen MR) is 260 cm³/mol. The SMILES string of the molecule is CNC(=O)c1cnc(Cl)cc1Nc1cccc(-c2nnc(C)o2)c1OC.CNC(=O)c1cnc(Nc2cc(C)nc(C)n2)cc1Nc1cccc(-c2nnc(C)o2)c1OC.Cc1cc(N)nc(C)n1. The lowest BCUT2D eigenvalue weighted by atomic mass is 10.1. The Labute approximate surface area is 401 Å². The van der Waals surface area contributed by atoms with Gasteiger partial charge in [-0.15, -0.1) is 20.4 Å². The average molecular weight is 957 g/mol. The molecule has 0 radical (unpaired) electrons. The van der Waals surface area contributed by atoms with Crippen molar-refractivity contribution in [2.75, 3.05) is 50.0 Å². The third-order valence-electron chi connectivity index (χ3n) is 9.42. The number of para-hydroxylation sites is 2. The standard InChI is InChI=1S/C23H24N8O3.C17H16ClN5O3.C6H9N3/c1-12-9-20(27-13(2)26-12)29-19-10-18(16(11-25-19)22(32)24-4)28-17-8-6-7-15(21(17)33-5)23-31-30-14(3)34-23;1-9-22-23-17(26-9)10-5-4-6-12(15(10)25-3)21-13-7-14(18)20-8-11(13)16(24)19-2;1-4-3-6(7)9-5(2)8-4/h6-11H,1-5H3,(H,24,32)(H2,25,26,27,28,29);4-8H,1-3H3,(H,19,24)(H,20,21);3H,1-2H3,(H2,7,8,9). The maximum atomic E-state index is 12.5. The van der Waals surface area contributed by atoms with Crippen LogP contribution in [0.3, 0.4) is 0 Å². The second-order valence-electron chi connectivity index (χ2n) is 14.6. The number of pyridine rings is 2. The van der Waals surface area contributed by atoms with E-state index in [2.05, 4.69) is 76.9 Å². The number of anilines is 7. The van der Waals surface area contributed by atoms with Crippen LogP contribution in [-0.2, 0) is 0 Å². The van der Waals surface area contributed by atoms with Crippen LogP contribution in [0.1, 0.15) is 55.5 Å². The molecule has 7 N–H and O–H groups in total. The highest BCUT2D eigenvalue weighted by Crippen LogP contribution is 2.39. The first-order valence-electron chi connectivity index (χ1n) is 20.8. The molecular weight excluding hydrogens is 908 g/mol. The fraction of sp³-hybridized carbons (Fsp3) is 0.217. The van der Waals surface area contributed by atoms with Gasteiger partial charge in [0.05, 0.1) is 59.2 Å². The molecule has 22 nitrogen and oxygen atoms in total. The number of nitrogens with zero attached hydrogens (tertiary/aromatic N) is 10. The number of aromatic nitrogens is 10. The summed E-state index contributed by atoms with van der Waals surface area (Å²) in [5.74, 6) is 4.96. The highest BCUT2D eigenvalue weighted by molar-refractivity contribution is 6.29. The first kappa shape index (κ1) is 49.6. The normalized spacial score (nSPS) is 10.4. The van der Waals surface area contributed by atoms with Crippen LogP contribution in [0.15, 0.2) is 81.9 Å². The van der Waals surface area contributed by atoms with E-state index in [-0.39, 0.29) is 17.0 Å². The molecule has 2 amide bonds. The Bertz CT molecular complexity index is 3040. The number of nitrogen functional groups attached to an aromatic ring is 1. The third-order valence-corrected chi connectivity index (χ3v) is 9.62. The van der Waals surface area contributed by atoms with Crippen molar-refractivity contribution in [3.8, 4) is 34.4 Å². The molecule has 0 saturated carbocycles. The molecule has 0 aliphatic carbocycles. The zero-order valence-electron chi connectivity index (χ0n) is 39.3. The molecule has 69 heavy (non-hydrogen) atoms. The molecule has 0 saturated heterocycles. The minimum Gasteiger partial charge on any atom is -0.494 e. The fourth-order valence-corrected chi connectivity index (χ4v) is 6.76. The van der Waals surface area contributed by atoms with Crippen LogP contribution in [-0.4, -0.2) is 90.4 Å². The number of amides is 2. The van der Waals surface area contributed by atoms with Gasteiger partial charge in [0, 0.05) is 69.9 Å². The van der Waals surface area contributed by atoms with Gasteiger partial charge in [-0.05, 0) is 58.0 Å². The van der Waals surface area contributed by atoms with Crippen molar-refractivity contribution in [2.24, 2.45) is 0 Å². The maximum absolute atomic E-state index is 12.5. The summed E-state index contributed by atoms with van der Waals surface area (Å²) in [6.45, 7) is 10.8. The van der Waals surface area contributed by atoms with Gasteiger partial charge >= 0.3 is 0 Å². The van der Waals surface area contributed by atoms with Crippen molar-refractivity contribution in [3.05, 3.63) is 124 Å². The number of carbonyl (C=O) groups is 2. The van der Waals surface area contributed by atoms with Crippen molar-refractivity contribution in [1.82, 2.24) is 60.9 Å². The second-order valence-corrected chi connectivity index (χ2v) is 15.0. The van der Waals surface area contributed by atoms with E-state index < -0.39 is 0 Å². The number of nitrogens with one attached hydrogen (secondary N) is 5. The van der Waals surface area contributed by atoms with Crippen molar-refractivity contribution in [1.29, 1.82) is 0 Å². The highest BCUT2D eigenvalue weighted by atomic mass is 35.5. The van der Waals surface area contributed by atoms with E-state index in [9.17, 15) is 9.59 Å². The molecule has 8 aromatic rings. The summed E-state index contributed by atoms with van der Waals surface area (Å²) in [5, 5.41) is 30.9. The molecule has 2 aromatic carbocycles. The van der Waals surface area contributed by atoms with Crippen LogP contribution in [0.4, 0.5) is 40.2 Å². The number of nitrogens with two attached hydrogens (primary N) is 1. The summed E-state index contributed by atoms with van der Waals surface area (Å²) < 4.78 is 22.2. The van der Waals surface area contributed by atoms with Crippen LogP contribution in [0.25, 0.3) is 22.9 Å². The number of benzene rings is 2. The summed E-state index contributed by atoms with van der Waals surface area (Å²) >= 11 is 5.99. The van der Waals surface area contributed by atoms with Crippen molar-refractivity contribution in [3.63, 3.8) is 0 Å². The lowest BCUT2D eigenvalue weighted by molar-refractivity contribution is 0.0955. The predicted octanol–water partition coefficient (Wildman–Crippen LogP) is 7.58. The minimum atomic E-state index is -0.294. The topological polar surface area (TPSA) is 294 Å². The molecule has 0 spiro atoms. The number of hydrogen-bond acceptors (Lipinski definition) is 20. The molecule has 0 unspecified atom stereocenters. The van der Waals surface area contributed by atoms with E-state index in [0.29, 0.717) is 103 Å². The van der Waals surface area contributed by atoms with Crippen LogP contribution >= 0.6 is 11.6 Å². The molecule has 356 valence electrons. The lowest BCUT2D eigenvalue weighted by Gasteiger charge is -2.17. The lowest BCUT2D eigenvalue weighted by Crippen LogP contribution is -2.19. The average Bonchev–Trinajstić information content (AvgIpc) is 3.95. The van der Waals surface area contributed by atoms with E-state index in [1.54, 1.807) is 65.4 Å². The van der Waals surface area contributed by atoms with Gasteiger partial charge in [-0.25, -0.2) is 29.9 Å². The molecule has 0 atom stereocenters. The van der Waals surface area contributed by atoms with E-state index in [1.165, 1.54) is 19.5 Å². The Hall–Kier alpha value is -8.79. The van der Waals surface area contributed by atoms with Gasteiger partial charge in [0.2, 0.25) is 11.8 Å². The van der Waals surface area contributed by atoms with E-state index in [4.69, 9.17) is 35.6 Å². The van der Waals surface area contributed by atoms with Gasteiger partial charge in [0.25, 0.3) is 23.6 Å². The quantitative estimate of drug-likeness (QED) is 0.0643. The largest absolute Gasteiger partial charge is 0.494 e. The minimum absolute atomic E-state index is 0.253. The zero-order chi connectivity index (χ0) is 49.8. The van der Waals surface area contributed by atoms with Gasteiger partial charge in [-0.3, -0.25) is 9.59 Å². The van der Waals surface area contributed by atoms with Gasteiger partial charge < -0.3 is 50.6 Å². The number of halogens is 1. The van der Waals surface area contributed by atoms with E-state index in [0.717, 1.165) is 17.2 Å². The number of rotatable bonds is 12. The molecule has 0 bridgehead atoms. The van der Waals surface area contributed by atoms with Gasteiger partial charge in [0.1, 0.15) is 34.3 Å². The number of methoxy groups -OCH3 is 2. The summed E-state index contributed by atoms with van der Waals surface area (Å²) in [5.41, 5.74) is 11.3. The van der Waals surface area contributed by atoms with E-state index in [1.807, 2.05) is 58.0 Å². The van der Waals surface area contributed by atoms with Gasteiger partial charge in [-0.1, -0.05) is 23.7 Å². The summed E-state index contributed by atoms with van der Waals surface area (Å²) in [4.78, 5) is 49.6. The Morgan fingerprint density at radius 3 is 1.52 bits per heavy atom. The first-order chi connectivity index (χ1) is 33.1. The van der Waals surface area contributed by atoms with Crippen LogP contribution in [0.2, 0.25) is 5.15 Å². The highest BCUT2D eigenvalue weighted by Gasteiger charge is 2.21. The Kier molecular flexibility index (Phi) is 16.3. The first-order valence-corrected chi connectivity index (χ1v) is 21.2. The maximum Gasteiger partial charge on any atom is 0.254 e. The molecule has 0 aliphatic heterocycles. The zero-order valence-corrected chi connectivity index (χ0v) is 40.1. The van der Waals surface area contributed by atoms with E-state index >= 15 is 0 Å². The molecule has 0 aliphatic rings. The van der Waals surface area contributed by atoms with Crippen molar-refractivity contribution >= 4 is 63.6 Å². The fourth-order valence-electron chi connectivity index (χ4n) is 6.60. The molecular formula is C46H49ClN16O6. The molecule has 6 aromatic heterocycles. The number of aryl methyl sites for hydroxylation is 6. The number of hydrogen-bond donors (Lipinski definition) is 6. The second kappa shape index (κ2) is 22.6. The summed E-state index contributed by atoms with van der Waals surface area (Å²) in [7, 11) is 6.18.